The summed E-state index contributed by atoms with van der Waals surface area (Å²) < 4.78 is 21.2. The normalized spacial score (nSPS) is 16.0. The van der Waals surface area contributed by atoms with Gasteiger partial charge in [0, 0.05) is 18.6 Å². The molecular weight excluding hydrogens is 393 g/mol. The first-order chi connectivity index (χ1) is 13.8. The number of amides is 1. The molecule has 0 bridgehead atoms. The lowest BCUT2D eigenvalue weighted by molar-refractivity contribution is -0.121. The Morgan fingerprint density at radius 1 is 1.34 bits per heavy atom. The Kier molecular flexibility index (Phi) is 6.79. The first kappa shape index (κ1) is 21.6. The molecule has 3 rings (SSSR count). The van der Waals surface area contributed by atoms with Crippen LogP contribution in [0.25, 0.3) is 5.69 Å². The van der Waals surface area contributed by atoms with Crippen LogP contribution >= 0.6 is 11.8 Å². The van der Waals surface area contributed by atoms with Gasteiger partial charge in [-0.1, -0.05) is 24.8 Å². The van der Waals surface area contributed by atoms with Crippen molar-refractivity contribution < 1.29 is 13.9 Å². The summed E-state index contributed by atoms with van der Waals surface area (Å²) in [5.41, 5.74) is 0.349. The molecule has 1 N–H and O–H groups in total. The number of halogens is 1. The van der Waals surface area contributed by atoms with Crippen LogP contribution < -0.4 is 10.2 Å². The second-order valence-corrected chi connectivity index (χ2v) is 8.99. The van der Waals surface area contributed by atoms with Crippen molar-refractivity contribution in [3.8, 4) is 5.69 Å². The van der Waals surface area contributed by atoms with Gasteiger partial charge in [0.05, 0.1) is 24.2 Å². The van der Waals surface area contributed by atoms with Crippen LogP contribution in [-0.2, 0) is 9.53 Å². The van der Waals surface area contributed by atoms with Gasteiger partial charge in [0.25, 0.3) is 0 Å². The molecule has 1 fully saturated rings. The minimum atomic E-state index is -0.380. The number of ether oxygens (including phenoxy) is 1. The van der Waals surface area contributed by atoms with E-state index in [-0.39, 0.29) is 22.5 Å². The van der Waals surface area contributed by atoms with Crippen molar-refractivity contribution >= 4 is 23.6 Å². The van der Waals surface area contributed by atoms with Crippen molar-refractivity contribution in [2.24, 2.45) is 0 Å². The fraction of sp³-hybridized carbons (Fsp3) is 0.550. The maximum absolute atomic E-state index is 13.9. The number of hydrogen-bond donors (Lipinski definition) is 1. The zero-order valence-electron chi connectivity index (χ0n) is 17.3. The van der Waals surface area contributed by atoms with Crippen molar-refractivity contribution in [1.82, 2.24) is 20.1 Å². The molecule has 1 amide bonds. The largest absolute Gasteiger partial charge is 0.378 e. The first-order valence-electron chi connectivity index (χ1n) is 9.83. The molecule has 1 unspecified atom stereocenters. The van der Waals surface area contributed by atoms with Gasteiger partial charge in [-0.25, -0.2) is 4.39 Å². The summed E-state index contributed by atoms with van der Waals surface area (Å²) in [4.78, 5) is 14.7. The zero-order chi connectivity index (χ0) is 21.0. The van der Waals surface area contributed by atoms with Gasteiger partial charge in [-0.3, -0.25) is 9.36 Å². The van der Waals surface area contributed by atoms with Gasteiger partial charge in [0.2, 0.25) is 11.9 Å². The molecule has 0 aliphatic carbocycles. The molecule has 2 aromatic rings. The highest BCUT2D eigenvalue weighted by atomic mass is 32.2. The Balaban J connectivity index is 1.90. The average Bonchev–Trinajstić information content (AvgIpc) is 3.12. The Hall–Kier alpha value is -2.13. The number of carbonyl (C=O) groups excluding carboxylic acids is 1. The van der Waals surface area contributed by atoms with Gasteiger partial charge < -0.3 is 15.0 Å². The number of aromatic nitrogens is 3. The number of morpholine rings is 1. The van der Waals surface area contributed by atoms with E-state index in [1.165, 1.54) is 23.9 Å². The fourth-order valence-corrected chi connectivity index (χ4v) is 3.75. The van der Waals surface area contributed by atoms with Crippen molar-refractivity contribution in [3.63, 3.8) is 0 Å². The van der Waals surface area contributed by atoms with Gasteiger partial charge in [-0.2, -0.15) is 0 Å². The monoisotopic (exact) mass is 421 g/mol. The maximum Gasteiger partial charge on any atom is 0.233 e. The van der Waals surface area contributed by atoms with E-state index < -0.39 is 0 Å². The van der Waals surface area contributed by atoms with Crippen LogP contribution in [0.3, 0.4) is 0 Å². The molecule has 1 aromatic heterocycles. The molecule has 29 heavy (non-hydrogen) atoms. The third kappa shape index (κ3) is 5.27. The molecule has 0 spiro atoms. The van der Waals surface area contributed by atoms with Crippen LogP contribution in [0.1, 0.15) is 34.1 Å². The lowest BCUT2D eigenvalue weighted by atomic mass is 10.0. The molecule has 9 heteroatoms. The topological polar surface area (TPSA) is 72.3 Å². The summed E-state index contributed by atoms with van der Waals surface area (Å²) in [6.07, 6.45) is 0.830. The van der Waals surface area contributed by atoms with Crippen LogP contribution in [0.15, 0.2) is 29.4 Å². The number of nitrogens with one attached hydrogen (secondary N) is 1. The predicted octanol–water partition coefficient (Wildman–Crippen LogP) is 3.03. The van der Waals surface area contributed by atoms with E-state index in [1.807, 2.05) is 38.3 Å². The highest BCUT2D eigenvalue weighted by Gasteiger charge is 2.27. The van der Waals surface area contributed by atoms with E-state index in [0.29, 0.717) is 43.1 Å². The highest BCUT2D eigenvalue weighted by Crippen LogP contribution is 2.30. The van der Waals surface area contributed by atoms with Gasteiger partial charge in [0.1, 0.15) is 5.82 Å². The molecule has 1 saturated heterocycles. The molecule has 0 saturated carbocycles. The molecular formula is C20H28FN5O2S. The fourth-order valence-electron chi connectivity index (χ4n) is 2.88. The number of hydrogen-bond acceptors (Lipinski definition) is 6. The lowest BCUT2D eigenvalue weighted by Crippen LogP contribution is -2.46. The summed E-state index contributed by atoms with van der Waals surface area (Å²) in [7, 11) is 0. The third-order valence-electron chi connectivity index (χ3n) is 4.97. The van der Waals surface area contributed by atoms with E-state index in [2.05, 4.69) is 20.4 Å². The van der Waals surface area contributed by atoms with E-state index in [9.17, 15) is 9.18 Å². The van der Waals surface area contributed by atoms with E-state index in [1.54, 1.807) is 6.07 Å². The standard InChI is InChI=1S/C20H28FN5O2S/c1-5-20(3,4)22-17(27)14(2)29-19-24-23-18(25-9-11-28-12-10-25)26(19)16-8-6-7-15(21)13-16/h6-8,13-14H,5,9-12H2,1-4H3,(H,22,27). The SMILES string of the molecule is CCC(C)(C)NC(=O)C(C)Sc1nnc(N2CCOCC2)n1-c1cccc(F)c1. The molecule has 7 nitrogen and oxygen atoms in total. The molecule has 1 aliphatic rings. The van der Waals surface area contributed by atoms with Gasteiger partial charge >= 0.3 is 0 Å². The maximum atomic E-state index is 13.9. The number of benzene rings is 1. The summed E-state index contributed by atoms with van der Waals surface area (Å²) >= 11 is 1.31. The minimum absolute atomic E-state index is 0.0661. The van der Waals surface area contributed by atoms with Crippen molar-refractivity contribution in [3.05, 3.63) is 30.1 Å². The first-order valence-corrected chi connectivity index (χ1v) is 10.7. The van der Waals surface area contributed by atoms with E-state index in [4.69, 9.17) is 4.74 Å². The highest BCUT2D eigenvalue weighted by molar-refractivity contribution is 8.00. The number of anilines is 1. The molecule has 1 aromatic carbocycles. The summed E-state index contributed by atoms with van der Waals surface area (Å²) in [5, 5.41) is 11.9. The predicted molar refractivity (Wildman–Crippen MR) is 112 cm³/mol. The van der Waals surface area contributed by atoms with Crippen LogP contribution in [0.2, 0.25) is 0 Å². The van der Waals surface area contributed by atoms with Gasteiger partial charge in [-0.15, -0.1) is 10.2 Å². The summed E-state index contributed by atoms with van der Waals surface area (Å²) in [6, 6.07) is 6.31. The summed E-state index contributed by atoms with van der Waals surface area (Å²) in [6.45, 7) is 10.4. The Labute approximate surface area is 175 Å². The van der Waals surface area contributed by atoms with E-state index in [0.717, 1.165) is 6.42 Å². The van der Waals surface area contributed by atoms with Crippen LogP contribution in [-0.4, -0.2) is 57.8 Å². The van der Waals surface area contributed by atoms with Gasteiger partial charge in [0.15, 0.2) is 5.16 Å². The van der Waals surface area contributed by atoms with Crippen molar-refractivity contribution in [2.45, 2.75) is 50.1 Å². The lowest BCUT2D eigenvalue weighted by Gasteiger charge is -2.28. The average molecular weight is 422 g/mol. The molecule has 2 heterocycles. The molecule has 1 aliphatic heterocycles. The Morgan fingerprint density at radius 2 is 2.07 bits per heavy atom. The van der Waals surface area contributed by atoms with Crippen molar-refractivity contribution in [2.75, 3.05) is 31.2 Å². The molecule has 158 valence electrons. The van der Waals surface area contributed by atoms with Gasteiger partial charge in [-0.05, 0) is 45.4 Å². The van der Waals surface area contributed by atoms with Crippen LogP contribution in [0.5, 0.6) is 0 Å². The third-order valence-corrected chi connectivity index (χ3v) is 6.02. The Morgan fingerprint density at radius 3 is 2.72 bits per heavy atom. The van der Waals surface area contributed by atoms with Crippen LogP contribution in [0, 0.1) is 5.82 Å². The number of nitrogens with zero attached hydrogens (tertiary/aromatic N) is 4. The van der Waals surface area contributed by atoms with Crippen LogP contribution in [0.4, 0.5) is 10.3 Å². The molecule has 0 radical (unpaired) electrons. The second kappa shape index (κ2) is 9.13. The minimum Gasteiger partial charge on any atom is -0.378 e. The van der Waals surface area contributed by atoms with E-state index >= 15 is 0 Å². The summed E-state index contributed by atoms with van der Waals surface area (Å²) in [5.74, 6) is 0.224. The molecule has 1 atom stereocenters. The number of rotatable bonds is 7. The zero-order valence-corrected chi connectivity index (χ0v) is 18.1. The quantitative estimate of drug-likeness (QED) is 0.693. The van der Waals surface area contributed by atoms with Crippen molar-refractivity contribution in [1.29, 1.82) is 0 Å². The second-order valence-electron chi connectivity index (χ2n) is 7.68. The number of thioether (sulfide) groups is 1. The number of carbonyl (C=O) groups is 1. The smallest absolute Gasteiger partial charge is 0.233 e. The Bertz CT molecular complexity index is 851.